The van der Waals surface area contributed by atoms with Crippen LogP contribution < -0.4 is 5.32 Å². The lowest BCUT2D eigenvalue weighted by molar-refractivity contribution is -0.255. The molecule has 240 valence electrons. The highest BCUT2D eigenvalue weighted by atomic mass is 35.6. The Kier molecular flexibility index (Phi) is 10.4. The Hall–Kier alpha value is -2.24. The molecule has 45 heavy (non-hydrogen) atoms. The molecule has 3 aliphatic rings. The minimum Gasteiger partial charge on any atom is -0.392 e. The number of benzene rings is 3. The van der Waals surface area contributed by atoms with E-state index in [9.17, 15) is 9.90 Å². The molecule has 0 radical (unpaired) electrons. The maximum absolute atomic E-state index is 12.0. The lowest BCUT2D eigenvalue weighted by Crippen LogP contribution is -2.48. The van der Waals surface area contributed by atoms with E-state index in [4.69, 9.17) is 53.8 Å². The average molecular weight is 676 g/mol. The van der Waals surface area contributed by atoms with Crippen LogP contribution in [0.25, 0.3) is 11.1 Å². The molecule has 2 N–H and O–H groups in total. The Balaban J connectivity index is 1.15. The smallest absolute Gasteiger partial charge is 0.272 e. The first-order chi connectivity index (χ1) is 21.7. The van der Waals surface area contributed by atoms with Crippen LogP contribution in [0.2, 0.25) is 0 Å². The third-order valence-electron chi connectivity index (χ3n) is 8.66. The zero-order valence-corrected chi connectivity index (χ0v) is 27.1. The second kappa shape index (κ2) is 14.3. The molecule has 6 rings (SSSR count). The van der Waals surface area contributed by atoms with Crippen LogP contribution in [0.15, 0.2) is 72.8 Å². The van der Waals surface area contributed by atoms with Crippen LogP contribution in [0.1, 0.15) is 53.9 Å². The van der Waals surface area contributed by atoms with Crippen molar-refractivity contribution in [3.05, 3.63) is 95.1 Å². The van der Waals surface area contributed by atoms with Gasteiger partial charge in [0.2, 0.25) is 0 Å². The summed E-state index contributed by atoms with van der Waals surface area (Å²) in [4.78, 5) is 14.4. The predicted octanol–water partition coefficient (Wildman–Crippen LogP) is 6.22. The summed E-state index contributed by atoms with van der Waals surface area (Å²) < 4.78 is 23.0. The molecule has 3 atom stereocenters. The number of likely N-dealkylation sites (tertiary alicyclic amines) is 1. The van der Waals surface area contributed by atoms with Crippen molar-refractivity contribution < 1.29 is 28.8 Å². The van der Waals surface area contributed by atoms with Gasteiger partial charge in [-0.3, -0.25) is 4.79 Å². The molecular weight excluding hydrogens is 639 g/mol. The van der Waals surface area contributed by atoms with E-state index in [-0.39, 0.29) is 25.4 Å². The third-order valence-corrected chi connectivity index (χ3v) is 9.18. The Morgan fingerprint density at radius 2 is 1.58 bits per heavy atom. The van der Waals surface area contributed by atoms with Crippen molar-refractivity contribution in [3.63, 3.8) is 0 Å². The summed E-state index contributed by atoms with van der Waals surface area (Å²) in [5.41, 5.74) is 5.74. The molecule has 11 heteroatoms. The monoisotopic (exact) mass is 674 g/mol. The van der Waals surface area contributed by atoms with Gasteiger partial charge in [0.05, 0.1) is 32.0 Å². The number of halogens is 3. The molecule has 3 fully saturated rings. The first kappa shape index (κ1) is 32.7. The van der Waals surface area contributed by atoms with E-state index in [1.54, 1.807) is 0 Å². The number of aliphatic hydroxyl groups is 1. The fraction of sp³-hybridized carbons (Fsp3) is 0.441. The molecule has 3 heterocycles. The van der Waals surface area contributed by atoms with Crippen molar-refractivity contribution in [1.29, 1.82) is 0 Å². The topological polar surface area (TPSA) is 89.5 Å². The van der Waals surface area contributed by atoms with Gasteiger partial charge in [-0.05, 0) is 33.9 Å². The second-order valence-electron chi connectivity index (χ2n) is 11.8. The van der Waals surface area contributed by atoms with Gasteiger partial charge >= 0.3 is 0 Å². The molecule has 0 aliphatic carbocycles. The number of nitrogens with one attached hydrogen (secondary N) is 1. The fourth-order valence-electron chi connectivity index (χ4n) is 6.16. The maximum atomic E-state index is 12.0. The molecule has 3 aromatic rings. The Morgan fingerprint density at radius 3 is 2.24 bits per heavy atom. The Bertz CT molecular complexity index is 1430. The van der Waals surface area contributed by atoms with E-state index in [1.165, 1.54) is 0 Å². The van der Waals surface area contributed by atoms with Crippen molar-refractivity contribution in [2.75, 3.05) is 32.8 Å². The fourth-order valence-corrected chi connectivity index (χ4v) is 6.36. The zero-order chi connectivity index (χ0) is 31.4. The summed E-state index contributed by atoms with van der Waals surface area (Å²) in [5, 5.41) is 12.2. The van der Waals surface area contributed by atoms with Gasteiger partial charge in [0, 0.05) is 51.0 Å². The summed E-state index contributed by atoms with van der Waals surface area (Å²) in [6.07, 6.45) is 1.70. The first-order valence-corrected chi connectivity index (χ1v) is 16.4. The highest BCUT2D eigenvalue weighted by Crippen LogP contribution is 2.39. The summed E-state index contributed by atoms with van der Waals surface area (Å²) >= 11 is 17.0. The van der Waals surface area contributed by atoms with Gasteiger partial charge in [0.15, 0.2) is 12.1 Å². The quantitative estimate of drug-likeness (QED) is 0.274. The van der Waals surface area contributed by atoms with Crippen LogP contribution in [-0.2, 0) is 36.9 Å². The zero-order valence-electron chi connectivity index (χ0n) is 24.8. The number of nitrogens with zero attached hydrogens (tertiary/aromatic N) is 1. The maximum Gasteiger partial charge on any atom is 0.272 e. The van der Waals surface area contributed by atoms with E-state index in [0.717, 1.165) is 72.3 Å². The van der Waals surface area contributed by atoms with E-state index >= 15 is 0 Å². The van der Waals surface area contributed by atoms with Crippen LogP contribution in [0.3, 0.4) is 0 Å². The standard InChI is InChI=1S/C34H37Cl3N2O6/c35-34(36,37)32(41)38-20-24-2-1-3-28(18-24)25-8-10-27(11-9-25)31-44-29(19-30(45-31)26-6-4-23(22-40)5-7-26)21-39-14-12-33(13-15-39)42-16-17-43-33/h1-11,18,29-31,40H,12-17,19-22H2,(H,38,41). The minimum atomic E-state index is -2.01. The molecular formula is C34H37Cl3N2O6. The summed E-state index contributed by atoms with van der Waals surface area (Å²) in [7, 11) is 0. The van der Waals surface area contributed by atoms with Crippen LogP contribution in [0, 0.1) is 0 Å². The van der Waals surface area contributed by atoms with E-state index in [0.29, 0.717) is 13.2 Å². The van der Waals surface area contributed by atoms with Crippen LogP contribution >= 0.6 is 34.8 Å². The molecule has 0 saturated carbocycles. The van der Waals surface area contributed by atoms with Crippen LogP contribution in [-0.4, -0.2) is 64.4 Å². The summed E-state index contributed by atoms with van der Waals surface area (Å²) in [6, 6.07) is 23.9. The van der Waals surface area contributed by atoms with E-state index in [2.05, 4.69) is 10.2 Å². The predicted molar refractivity (Wildman–Crippen MR) is 173 cm³/mol. The lowest BCUT2D eigenvalue weighted by Gasteiger charge is -2.41. The van der Waals surface area contributed by atoms with Crippen molar-refractivity contribution in [1.82, 2.24) is 10.2 Å². The summed E-state index contributed by atoms with van der Waals surface area (Å²) in [6.45, 7) is 4.16. The molecule has 3 aliphatic heterocycles. The van der Waals surface area contributed by atoms with Gasteiger partial charge in [0.25, 0.3) is 9.70 Å². The number of piperidine rings is 1. The minimum absolute atomic E-state index is 0.00287. The molecule has 1 spiro atoms. The number of hydrogen-bond donors (Lipinski definition) is 2. The molecule has 3 saturated heterocycles. The third kappa shape index (κ3) is 8.19. The van der Waals surface area contributed by atoms with Crippen molar-refractivity contribution in [2.45, 2.75) is 60.5 Å². The van der Waals surface area contributed by atoms with E-state index in [1.807, 2.05) is 72.8 Å². The summed E-state index contributed by atoms with van der Waals surface area (Å²) in [5.74, 6) is -1.08. The Labute approximate surface area is 278 Å². The number of amides is 1. The van der Waals surface area contributed by atoms with Crippen molar-refractivity contribution in [3.8, 4) is 11.1 Å². The molecule has 3 unspecified atom stereocenters. The number of rotatable bonds is 8. The number of alkyl halides is 3. The molecule has 0 bridgehead atoms. The Morgan fingerprint density at radius 1 is 0.889 bits per heavy atom. The molecule has 8 nitrogen and oxygen atoms in total. The number of carbonyl (C=O) groups is 1. The van der Waals surface area contributed by atoms with Gasteiger partial charge < -0.3 is 34.3 Å². The normalized spacial score (nSPS) is 23.7. The highest BCUT2D eigenvalue weighted by molar-refractivity contribution is 6.76. The SMILES string of the molecule is O=C(NCc1cccc(-c2ccc(C3OC(CN4CCC5(CC4)OCCO5)CC(c4ccc(CO)cc4)O3)cc2)c1)C(Cl)(Cl)Cl. The van der Waals surface area contributed by atoms with Crippen molar-refractivity contribution in [2.24, 2.45) is 0 Å². The van der Waals surface area contributed by atoms with Gasteiger partial charge in [-0.25, -0.2) is 0 Å². The van der Waals surface area contributed by atoms with Gasteiger partial charge in [0.1, 0.15) is 0 Å². The van der Waals surface area contributed by atoms with E-state index < -0.39 is 21.8 Å². The van der Waals surface area contributed by atoms with Gasteiger partial charge in [-0.15, -0.1) is 0 Å². The first-order valence-electron chi connectivity index (χ1n) is 15.2. The number of hydrogen-bond acceptors (Lipinski definition) is 7. The molecule has 3 aromatic carbocycles. The highest BCUT2D eigenvalue weighted by Gasteiger charge is 2.41. The van der Waals surface area contributed by atoms with Crippen LogP contribution in [0.5, 0.6) is 0 Å². The largest absolute Gasteiger partial charge is 0.392 e. The van der Waals surface area contributed by atoms with Gasteiger partial charge in [-0.2, -0.15) is 0 Å². The molecule has 1 amide bonds. The number of ether oxygens (including phenoxy) is 4. The average Bonchev–Trinajstić information content (AvgIpc) is 3.52. The second-order valence-corrected chi connectivity index (χ2v) is 14.0. The van der Waals surface area contributed by atoms with Crippen LogP contribution in [0.4, 0.5) is 0 Å². The lowest BCUT2D eigenvalue weighted by atomic mass is 9.98. The van der Waals surface area contributed by atoms with Gasteiger partial charge in [-0.1, -0.05) is 102 Å². The number of carbonyl (C=O) groups excluding carboxylic acids is 1. The number of aliphatic hydroxyl groups excluding tert-OH is 1. The van der Waals surface area contributed by atoms with Crippen molar-refractivity contribution >= 4 is 40.7 Å². The molecule has 0 aromatic heterocycles.